The van der Waals surface area contributed by atoms with Gasteiger partial charge in [0.15, 0.2) is 0 Å². The van der Waals surface area contributed by atoms with E-state index in [2.05, 4.69) is 10.3 Å². The van der Waals surface area contributed by atoms with Gasteiger partial charge in [-0.2, -0.15) is 0 Å². The first-order valence-electron chi connectivity index (χ1n) is 7.26. The van der Waals surface area contributed by atoms with Crippen molar-refractivity contribution < 1.29 is 19.7 Å². The summed E-state index contributed by atoms with van der Waals surface area (Å²) < 4.78 is 5.34. The molecule has 1 amide bonds. The number of amidine groups is 1. The standard InChI is InChI=1S/C14H27N3O4/c1-5-14(9-18,10-19)16-11-8-17(7-6-15-11)12(20)21-13(2,3)4/h18-19H,5-10H2,1-4H3,(H,15,16). The first-order chi connectivity index (χ1) is 9.75. The molecule has 7 heteroatoms. The lowest BCUT2D eigenvalue weighted by Crippen LogP contribution is -2.58. The lowest BCUT2D eigenvalue weighted by molar-refractivity contribution is 0.0273. The maximum atomic E-state index is 12.1. The van der Waals surface area contributed by atoms with E-state index < -0.39 is 11.1 Å². The summed E-state index contributed by atoms with van der Waals surface area (Å²) in [5, 5.41) is 22.0. The second-order valence-electron chi connectivity index (χ2n) is 6.31. The average molecular weight is 301 g/mol. The minimum Gasteiger partial charge on any atom is -0.444 e. The van der Waals surface area contributed by atoms with Crippen molar-refractivity contribution in [2.75, 3.05) is 32.8 Å². The van der Waals surface area contributed by atoms with Crippen molar-refractivity contribution >= 4 is 11.9 Å². The Balaban J connectivity index is 2.68. The molecule has 1 aliphatic heterocycles. The van der Waals surface area contributed by atoms with Crippen LogP contribution in [0.15, 0.2) is 4.99 Å². The summed E-state index contributed by atoms with van der Waals surface area (Å²) >= 11 is 0. The molecule has 21 heavy (non-hydrogen) atoms. The number of carbonyl (C=O) groups is 1. The van der Waals surface area contributed by atoms with Gasteiger partial charge in [0, 0.05) is 6.54 Å². The van der Waals surface area contributed by atoms with E-state index >= 15 is 0 Å². The van der Waals surface area contributed by atoms with E-state index in [0.29, 0.717) is 25.3 Å². The minimum absolute atomic E-state index is 0.203. The van der Waals surface area contributed by atoms with Crippen LogP contribution in [0, 0.1) is 0 Å². The molecular formula is C14H27N3O4. The molecule has 1 heterocycles. The van der Waals surface area contributed by atoms with E-state index in [1.54, 1.807) is 4.90 Å². The first-order valence-corrected chi connectivity index (χ1v) is 7.26. The van der Waals surface area contributed by atoms with Crippen molar-refractivity contribution in [3.05, 3.63) is 0 Å². The smallest absolute Gasteiger partial charge is 0.410 e. The molecule has 1 rings (SSSR count). The number of ether oxygens (including phenoxy) is 1. The third kappa shape index (κ3) is 5.17. The van der Waals surface area contributed by atoms with Crippen molar-refractivity contribution in [3.8, 4) is 0 Å². The second kappa shape index (κ2) is 7.09. The van der Waals surface area contributed by atoms with Crippen LogP contribution >= 0.6 is 0 Å². The molecule has 0 bridgehead atoms. The van der Waals surface area contributed by atoms with Gasteiger partial charge in [-0.05, 0) is 27.2 Å². The third-order valence-corrected chi connectivity index (χ3v) is 3.36. The van der Waals surface area contributed by atoms with Crippen molar-refractivity contribution in [3.63, 3.8) is 0 Å². The van der Waals surface area contributed by atoms with E-state index in [1.165, 1.54) is 0 Å². The highest BCUT2D eigenvalue weighted by molar-refractivity contribution is 5.88. The molecule has 1 aliphatic rings. The lowest BCUT2D eigenvalue weighted by atomic mass is 9.98. The molecule has 0 saturated heterocycles. The molecule has 122 valence electrons. The molecule has 0 saturated carbocycles. The summed E-state index contributed by atoms with van der Waals surface area (Å²) in [6.45, 7) is 8.18. The fourth-order valence-electron chi connectivity index (χ4n) is 1.92. The van der Waals surface area contributed by atoms with Crippen LogP contribution in [-0.4, -0.2) is 71.0 Å². The fourth-order valence-corrected chi connectivity index (χ4v) is 1.92. The zero-order valence-electron chi connectivity index (χ0n) is 13.3. The van der Waals surface area contributed by atoms with Gasteiger partial charge in [-0.15, -0.1) is 0 Å². The van der Waals surface area contributed by atoms with Gasteiger partial charge >= 0.3 is 6.09 Å². The van der Waals surface area contributed by atoms with Crippen molar-refractivity contribution in [1.82, 2.24) is 10.2 Å². The molecule has 0 spiro atoms. The Morgan fingerprint density at radius 3 is 2.48 bits per heavy atom. The van der Waals surface area contributed by atoms with Crippen LogP contribution in [0.3, 0.4) is 0 Å². The number of hydrogen-bond acceptors (Lipinski definition) is 6. The Kier molecular flexibility index (Phi) is 5.98. The van der Waals surface area contributed by atoms with Gasteiger partial charge in [0.05, 0.1) is 31.8 Å². The van der Waals surface area contributed by atoms with E-state index in [9.17, 15) is 15.0 Å². The van der Waals surface area contributed by atoms with Crippen molar-refractivity contribution in [2.45, 2.75) is 45.3 Å². The van der Waals surface area contributed by atoms with Gasteiger partial charge in [0.25, 0.3) is 0 Å². The minimum atomic E-state index is -0.810. The molecule has 0 aromatic carbocycles. The fraction of sp³-hybridized carbons (Fsp3) is 0.857. The van der Waals surface area contributed by atoms with Crippen LogP contribution in [-0.2, 0) is 4.74 Å². The number of aliphatic hydroxyl groups excluding tert-OH is 2. The normalized spacial score (nSPS) is 16.5. The zero-order chi connectivity index (χ0) is 16.1. The number of amides is 1. The number of aliphatic hydroxyl groups is 2. The quantitative estimate of drug-likeness (QED) is 0.697. The largest absolute Gasteiger partial charge is 0.444 e. The Morgan fingerprint density at radius 2 is 2.00 bits per heavy atom. The molecule has 0 aromatic heterocycles. The Morgan fingerprint density at radius 1 is 1.38 bits per heavy atom. The monoisotopic (exact) mass is 301 g/mol. The van der Waals surface area contributed by atoms with Crippen molar-refractivity contribution in [2.24, 2.45) is 4.99 Å². The highest BCUT2D eigenvalue weighted by Gasteiger charge is 2.31. The summed E-state index contributed by atoms with van der Waals surface area (Å²) in [7, 11) is 0. The molecule has 7 nitrogen and oxygen atoms in total. The molecule has 0 aromatic rings. The number of aliphatic imine (C=N–C) groups is 1. The molecule has 3 N–H and O–H groups in total. The van der Waals surface area contributed by atoms with Gasteiger partial charge in [0.1, 0.15) is 11.4 Å². The van der Waals surface area contributed by atoms with Gasteiger partial charge in [0.2, 0.25) is 0 Å². The van der Waals surface area contributed by atoms with Crippen LogP contribution < -0.4 is 5.32 Å². The number of carbonyl (C=O) groups excluding carboxylic acids is 1. The van der Waals surface area contributed by atoms with E-state index in [-0.39, 0.29) is 25.9 Å². The Bertz CT molecular complexity index is 378. The van der Waals surface area contributed by atoms with Crippen LogP contribution in [0.2, 0.25) is 0 Å². The lowest BCUT2D eigenvalue weighted by Gasteiger charge is -2.35. The molecular weight excluding hydrogens is 274 g/mol. The summed E-state index contributed by atoms with van der Waals surface area (Å²) in [6, 6.07) is 0. The van der Waals surface area contributed by atoms with E-state index in [1.807, 2.05) is 27.7 Å². The summed E-state index contributed by atoms with van der Waals surface area (Å²) in [6.07, 6.45) is 0.164. The highest BCUT2D eigenvalue weighted by Crippen LogP contribution is 2.13. The van der Waals surface area contributed by atoms with Crippen LogP contribution in [0.1, 0.15) is 34.1 Å². The second-order valence-corrected chi connectivity index (χ2v) is 6.31. The van der Waals surface area contributed by atoms with Gasteiger partial charge in [-0.1, -0.05) is 6.92 Å². The van der Waals surface area contributed by atoms with Crippen LogP contribution in [0.5, 0.6) is 0 Å². The van der Waals surface area contributed by atoms with Gasteiger partial charge in [-0.3, -0.25) is 9.89 Å². The van der Waals surface area contributed by atoms with Gasteiger partial charge in [-0.25, -0.2) is 4.79 Å². The van der Waals surface area contributed by atoms with Gasteiger partial charge < -0.3 is 20.3 Å². The number of nitrogens with zero attached hydrogens (tertiary/aromatic N) is 2. The van der Waals surface area contributed by atoms with E-state index in [4.69, 9.17) is 4.74 Å². The van der Waals surface area contributed by atoms with Crippen LogP contribution in [0.4, 0.5) is 4.79 Å². The predicted molar refractivity (Wildman–Crippen MR) is 80.4 cm³/mol. The number of nitrogens with one attached hydrogen (secondary N) is 1. The number of hydrogen-bond donors (Lipinski definition) is 3. The molecule has 0 radical (unpaired) electrons. The average Bonchev–Trinajstić information content (AvgIpc) is 2.43. The maximum absolute atomic E-state index is 12.1. The van der Waals surface area contributed by atoms with E-state index in [0.717, 1.165) is 0 Å². The molecule has 0 fully saturated rings. The van der Waals surface area contributed by atoms with Crippen molar-refractivity contribution in [1.29, 1.82) is 0 Å². The summed E-state index contributed by atoms with van der Waals surface area (Å²) in [5.41, 5.74) is -1.35. The number of rotatable bonds is 4. The predicted octanol–water partition coefficient (Wildman–Crippen LogP) is 0.359. The molecule has 0 aliphatic carbocycles. The third-order valence-electron chi connectivity index (χ3n) is 3.36. The van der Waals surface area contributed by atoms with Crippen LogP contribution in [0.25, 0.3) is 0 Å². The highest BCUT2D eigenvalue weighted by atomic mass is 16.6. The zero-order valence-corrected chi connectivity index (χ0v) is 13.3. The first kappa shape index (κ1) is 17.7. The SMILES string of the molecule is CCC(CO)(CO)NC1=NCCN(C(=O)OC(C)(C)C)C1. The maximum Gasteiger partial charge on any atom is 0.410 e. The molecule has 0 atom stereocenters. The summed E-state index contributed by atoms with van der Waals surface area (Å²) in [5.74, 6) is 0.581. The Labute approximate surface area is 126 Å². The Hall–Kier alpha value is -1.34. The summed E-state index contributed by atoms with van der Waals surface area (Å²) in [4.78, 5) is 17.9. The molecule has 0 unspecified atom stereocenters. The topological polar surface area (TPSA) is 94.4 Å².